The summed E-state index contributed by atoms with van der Waals surface area (Å²) in [5.74, 6) is 0.605. The number of hydrogen-bond acceptors (Lipinski definition) is 4. The van der Waals surface area contributed by atoms with Gasteiger partial charge in [-0.3, -0.25) is 0 Å². The summed E-state index contributed by atoms with van der Waals surface area (Å²) < 4.78 is 5.33. The van der Waals surface area contributed by atoms with Gasteiger partial charge in [-0.05, 0) is 11.5 Å². The minimum Gasteiger partial charge on any atom is -0.424 e. The minimum atomic E-state index is 0.137. The lowest BCUT2D eigenvalue weighted by molar-refractivity contribution is 0.595. The average molecular weight is 235 g/mol. The smallest absolute Gasteiger partial charge is 0.292 e. The van der Waals surface area contributed by atoms with Crippen LogP contribution >= 0.6 is 0 Å². The molecule has 0 aliphatic carbocycles. The Hall–Kier alpha value is -2.80. The first-order valence-corrected chi connectivity index (χ1v) is 5.43. The summed E-state index contributed by atoms with van der Waals surface area (Å²) in [6.45, 7) is 0. The van der Waals surface area contributed by atoms with E-state index in [2.05, 4.69) is 11.1 Å². The Morgan fingerprint density at radius 1 is 1.11 bits per heavy atom. The highest BCUT2D eigenvalue weighted by Crippen LogP contribution is 2.30. The number of oxazole rings is 1. The van der Waals surface area contributed by atoms with Crippen molar-refractivity contribution in [3.63, 3.8) is 0 Å². The van der Waals surface area contributed by atoms with E-state index >= 15 is 0 Å². The molecule has 0 aliphatic heterocycles. The summed E-state index contributed by atoms with van der Waals surface area (Å²) in [5, 5.41) is 10.9. The Balaban J connectivity index is 2.35. The molecule has 3 aromatic rings. The molecule has 1 heterocycles. The first kappa shape index (κ1) is 10.4. The molecule has 0 aliphatic rings. The van der Waals surface area contributed by atoms with Gasteiger partial charge in [0.2, 0.25) is 0 Å². The van der Waals surface area contributed by atoms with Gasteiger partial charge in [0.05, 0.1) is 17.8 Å². The van der Waals surface area contributed by atoms with E-state index in [0.29, 0.717) is 11.3 Å². The second kappa shape index (κ2) is 3.90. The van der Waals surface area contributed by atoms with Gasteiger partial charge >= 0.3 is 0 Å². The first-order chi connectivity index (χ1) is 8.79. The van der Waals surface area contributed by atoms with Gasteiger partial charge in [0.1, 0.15) is 0 Å². The molecule has 86 valence electrons. The monoisotopic (exact) mass is 235 g/mol. The highest BCUT2D eigenvalue weighted by molar-refractivity contribution is 5.98. The quantitative estimate of drug-likeness (QED) is 0.703. The molecule has 0 saturated heterocycles. The minimum absolute atomic E-state index is 0.137. The van der Waals surface area contributed by atoms with Crippen molar-refractivity contribution >= 4 is 16.8 Å². The van der Waals surface area contributed by atoms with Crippen LogP contribution in [0.5, 0.6) is 0 Å². The normalized spacial score (nSPS) is 10.4. The number of aromatic nitrogens is 1. The SMILES string of the molecule is N#Cc1cccc2c(-c3cnc(N)o3)cccc12. The predicted octanol–water partition coefficient (Wildman–Crippen LogP) is 2.95. The Kier molecular flexibility index (Phi) is 2.24. The fourth-order valence-corrected chi connectivity index (χ4v) is 2.03. The highest BCUT2D eigenvalue weighted by Gasteiger charge is 2.09. The molecule has 1 aromatic heterocycles. The maximum atomic E-state index is 9.10. The van der Waals surface area contributed by atoms with Gasteiger partial charge < -0.3 is 10.2 Å². The zero-order chi connectivity index (χ0) is 12.5. The Labute approximate surface area is 103 Å². The van der Waals surface area contributed by atoms with Crippen molar-refractivity contribution in [3.8, 4) is 17.4 Å². The van der Waals surface area contributed by atoms with Crippen molar-refractivity contribution < 1.29 is 4.42 Å². The lowest BCUT2D eigenvalue weighted by Gasteiger charge is -2.04. The molecule has 4 heteroatoms. The van der Waals surface area contributed by atoms with E-state index in [9.17, 15) is 0 Å². The molecule has 0 saturated carbocycles. The van der Waals surface area contributed by atoms with Crippen molar-refractivity contribution in [2.75, 3.05) is 5.73 Å². The summed E-state index contributed by atoms with van der Waals surface area (Å²) >= 11 is 0. The number of rotatable bonds is 1. The van der Waals surface area contributed by atoms with Crippen LogP contribution in [0.1, 0.15) is 5.56 Å². The van der Waals surface area contributed by atoms with Gasteiger partial charge in [0, 0.05) is 10.9 Å². The fourth-order valence-electron chi connectivity index (χ4n) is 2.03. The van der Waals surface area contributed by atoms with E-state index in [1.54, 1.807) is 12.3 Å². The van der Waals surface area contributed by atoms with E-state index in [1.807, 2.05) is 30.3 Å². The third-order valence-corrected chi connectivity index (χ3v) is 2.83. The van der Waals surface area contributed by atoms with E-state index in [4.69, 9.17) is 15.4 Å². The molecule has 3 rings (SSSR count). The van der Waals surface area contributed by atoms with Crippen LogP contribution < -0.4 is 5.73 Å². The zero-order valence-electron chi connectivity index (χ0n) is 9.42. The molecule has 0 atom stereocenters. The van der Waals surface area contributed by atoms with Gasteiger partial charge in [-0.2, -0.15) is 5.26 Å². The number of hydrogen-bond donors (Lipinski definition) is 1. The molecule has 0 spiro atoms. The van der Waals surface area contributed by atoms with E-state index in [1.165, 1.54) is 0 Å². The number of benzene rings is 2. The summed E-state index contributed by atoms with van der Waals surface area (Å²) in [4.78, 5) is 3.89. The summed E-state index contributed by atoms with van der Waals surface area (Å²) in [7, 11) is 0. The Morgan fingerprint density at radius 3 is 2.61 bits per heavy atom. The second-order valence-corrected chi connectivity index (χ2v) is 3.88. The number of nitriles is 1. The predicted molar refractivity (Wildman–Crippen MR) is 68.6 cm³/mol. The summed E-state index contributed by atoms with van der Waals surface area (Å²) in [6, 6.07) is 13.6. The van der Waals surface area contributed by atoms with Crippen LogP contribution in [0.15, 0.2) is 47.0 Å². The third kappa shape index (κ3) is 1.50. The molecule has 0 unspecified atom stereocenters. The van der Waals surface area contributed by atoms with E-state index in [0.717, 1.165) is 16.3 Å². The number of fused-ring (bicyclic) bond motifs is 1. The summed E-state index contributed by atoms with van der Waals surface area (Å²) in [5.41, 5.74) is 7.01. The second-order valence-electron chi connectivity index (χ2n) is 3.88. The van der Waals surface area contributed by atoms with Crippen LogP contribution in [-0.4, -0.2) is 4.98 Å². The first-order valence-electron chi connectivity index (χ1n) is 5.43. The number of anilines is 1. The van der Waals surface area contributed by atoms with E-state index < -0.39 is 0 Å². The lowest BCUT2D eigenvalue weighted by atomic mass is 10.00. The van der Waals surface area contributed by atoms with Crippen molar-refractivity contribution in [2.24, 2.45) is 0 Å². The lowest BCUT2D eigenvalue weighted by Crippen LogP contribution is -1.83. The van der Waals surface area contributed by atoms with Gasteiger partial charge in [-0.15, -0.1) is 0 Å². The van der Waals surface area contributed by atoms with Crippen molar-refractivity contribution in [2.45, 2.75) is 0 Å². The van der Waals surface area contributed by atoms with Crippen LogP contribution in [-0.2, 0) is 0 Å². The van der Waals surface area contributed by atoms with Crippen LogP contribution in [0, 0.1) is 11.3 Å². The fraction of sp³-hybridized carbons (Fsp3) is 0. The van der Waals surface area contributed by atoms with Gasteiger partial charge in [-0.1, -0.05) is 30.3 Å². The van der Waals surface area contributed by atoms with Crippen LogP contribution in [0.25, 0.3) is 22.1 Å². The summed E-state index contributed by atoms with van der Waals surface area (Å²) in [6.07, 6.45) is 1.59. The molecule has 0 fully saturated rings. The van der Waals surface area contributed by atoms with Crippen molar-refractivity contribution in [1.29, 1.82) is 5.26 Å². The standard InChI is InChI=1S/C14H9N3O/c15-7-9-3-1-5-11-10(9)4-2-6-12(11)13-8-17-14(16)18-13/h1-6,8H,(H2,16,17). The van der Waals surface area contributed by atoms with Crippen LogP contribution in [0.4, 0.5) is 6.01 Å². The number of nitrogens with zero attached hydrogens (tertiary/aromatic N) is 2. The molecule has 4 nitrogen and oxygen atoms in total. The third-order valence-electron chi connectivity index (χ3n) is 2.83. The largest absolute Gasteiger partial charge is 0.424 e. The number of nitrogen functional groups attached to an aromatic ring is 1. The van der Waals surface area contributed by atoms with Crippen LogP contribution in [0.3, 0.4) is 0 Å². The number of nitrogens with two attached hydrogens (primary N) is 1. The van der Waals surface area contributed by atoms with Crippen molar-refractivity contribution in [3.05, 3.63) is 48.2 Å². The van der Waals surface area contributed by atoms with Crippen LogP contribution in [0.2, 0.25) is 0 Å². The molecule has 0 bridgehead atoms. The Bertz CT molecular complexity index is 768. The topological polar surface area (TPSA) is 75.8 Å². The maximum Gasteiger partial charge on any atom is 0.292 e. The van der Waals surface area contributed by atoms with E-state index in [-0.39, 0.29) is 6.01 Å². The molecule has 0 amide bonds. The average Bonchev–Trinajstić information content (AvgIpc) is 2.84. The molecule has 0 radical (unpaired) electrons. The maximum absolute atomic E-state index is 9.10. The van der Waals surface area contributed by atoms with Gasteiger partial charge in [-0.25, -0.2) is 4.98 Å². The van der Waals surface area contributed by atoms with Gasteiger partial charge in [0.15, 0.2) is 5.76 Å². The highest BCUT2D eigenvalue weighted by atomic mass is 16.4. The molecule has 2 N–H and O–H groups in total. The van der Waals surface area contributed by atoms with Crippen molar-refractivity contribution in [1.82, 2.24) is 4.98 Å². The van der Waals surface area contributed by atoms with Gasteiger partial charge in [0.25, 0.3) is 6.01 Å². The molecule has 2 aromatic carbocycles. The zero-order valence-corrected chi connectivity index (χ0v) is 9.42. The molecular formula is C14H9N3O. The molecular weight excluding hydrogens is 226 g/mol. The Morgan fingerprint density at radius 2 is 1.89 bits per heavy atom. The molecule has 18 heavy (non-hydrogen) atoms.